The van der Waals surface area contributed by atoms with Crippen LogP contribution in [-0.4, -0.2) is 31.7 Å². The molecule has 4 nitrogen and oxygen atoms in total. The molecule has 1 amide bonds. The maximum atomic E-state index is 11.8. The normalized spacial score (nSPS) is 13.5. The van der Waals surface area contributed by atoms with Crippen molar-refractivity contribution in [2.24, 2.45) is 0 Å². The van der Waals surface area contributed by atoms with Crippen LogP contribution in [0.1, 0.15) is 5.56 Å². The van der Waals surface area contributed by atoms with Crippen molar-refractivity contribution < 1.29 is 9.63 Å². The molecule has 0 saturated carbocycles. The average Bonchev–Trinajstić information content (AvgIpc) is 2.36. The number of likely N-dealkylation sites (N-methyl/N-ethyl adjacent to an activating group) is 1. The van der Waals surface area contributed by atoms with E-state index in [1.807, 2.05) is 30.3 Å². The molecule has 2 rings (SSSR count). The second-order valence-electron chi connectivity index (χ2n) is 3.60. The fourth-order valence-corrected chi connectivity index (χ4v) is 1.64. The van der Waals surface area contributed by atoms with E-state index < -0.39 is 0 Å². The number of hydrogen-bond donors (Lipinski definition) is 1. The third kappa shape index (κ3) is 1.92. The number of carbonyl (C=O) groups is 1. The molecule has 0 aromatic heterocycles. The molecule has 1 aromatic carbocycles. The van der Waals surface area contributed by atoms with Crippen LogP contribution in [0.15, 0.2) is 29.8 Å². The van der Waals surface area contributed by atoms with E-state index in [4.69, 9.17) is 4.84 Å². The monoisotopic (exact) mass is 218 g/mol. The number of para-hydroxylation sites is 1. The molecule has 1 aromatic rings. The van der Waals surface area contributed by atoms with Crippen LogP contribution in [0.3, 0.4) is 0 Å². The fourth-order valence-electron chi connectivity index (χ4n) is 1.64. The summed E-state index contributed by atoms with van der Waals surface area (Å²) in [6.07, 6.45) is 1.89. The first kappa shape index (κ1) is 10.7. The minimum atomic E-state index is -0.121. The molecule has 0 fully saturated rings. The van der Waals surface area contributed by atoms with E-state index in [1.165, 1.54) is 12.2 Å². The van der Waals surface area contributed by atoms with Crippen LogP contribution in [0.2, 0.25) is 0 Å². The van der Waals surface area contributed by atoms with Crippen molar-refractivity contribution in [3.63, 3.8) is 0 Å². The van der Waals surface area contributed by atoms with Crippen LogP contribution >= 0.6 is 0 Å². The maximum absolute atomic E-state index is 11.8. The zero-order chi connectivity index (χ0) is 11.5. The number of benzene rings is 1. The first-order valence-electron chi connectivity index (χ1n) is 5.08. The van der Waals surface area contributed by atoms with E-state index in [2.05, 4.69) is 5.32 Å². The van der Waals surface area contributed by atoms with Gasteiger partial charge in [0.2, 0.25) is 0 Å². The van der Waals surface area contributed by atoms with E-state index in [0.29, 0.717) is 12.1 Å². The van der Waals surface area contributed by atoms with Gasteiger partial charge in [0.1, 0.15) is 0 Å². The molecule has 0 radical (unpaired) electrons. The van der Waals surface area contributed by atoms with Crippen molar-refractivity contribution in [2.45, 2.75) is 0 Å². The Morgan fingerprint density at radius 1 is 1.44 bits per heavy atom. The Morgan fingerprint density at radius 2 is 2.19 bits per heavy atom. The van der Waals surface area contributed by atoms with Crippen molar-refractivity contribution in [2.75, 3.05) is 26.0 Å². The van der Waals surface area contributed by atoms with Crippen molar-refractivity contribution in [3.05, 3.63) is 35.4 Å². The SMILES string of the molecule is CON(C)C(=O)C1=Cc2ccccc2NC1. The minimum absolute atomic E-state index is 0.121. The standard InChI is InChI=1S/C12H14N2O2/c1-14(16-2)12(15)10-7-9-5-3-4-6-11(9)13-8-10/h3-7,13H,8H2,1-2H3. The van der Waals surface area contributed by atoms with Gasteiger partial charge in [0.15, 0.2) is 0 Å². The molecule has 1 heterocycles. The number of anilines is 1. The van der Waals surface area contributed by atoms with E-state index in [0.717, 1.165) is 11.3 Å². The lowest BCUT2D eigenvalue weighted by molar-refractivity contribution is -0.163. The van der Waals surface area contributed by atoms with E-state index in [1.54, 1.807) is 7.05 Å². The predicted molar refractivity (Wildman–Crippen MR) is 62.7 cm³/mol. The Kier molecular flexibility index (Phi) is 2.92. The number of hydroxylamine groups is 2. The Hall–Kier alpha value is -1.81. The van der Waals surface area contributed by atoms with Crippen molar-refractivity contribution >= 4 is 17.7 Å². The molecule has 16 heavy (non-hydrogen) atoms. The van der Waals surface area contributed by atoms with Gasteiger partial charge < -0.3 is 5.32 Å². The van der Waals surface area contributed by atoms with Crippen LogP contribution in [-0.2, 0) is 9.63 Å². The lowest BCUT2D eigenvalue weighted by atomic mass is 10.0. The lowest BCUT2D eigenvalue weighted by Crippen LogP contribution is -2.30. The molecule has 84 valence electrons. The van der Waals surface area contributed by atoms with Gasteiger partial charge in [0.25, 0.3) is 5.91 Å². The summed E-state index contributed by atoms with van der Waals surface area (Å²) in [4.78, 5) is 16.7. The van der Waals surface area contributed by atoms with Gasteiger partial charge in [-0.1, -0.05) is 18.2 Å². The van der Waals surface area contributed by atoms with E-state index in [9.17, 15) is 4.79 Å². The molecule has 4 heteroatoms. The Bertz CT molecular complexity index is 440. The van der Waals surface area contributed by atoms with E-state index >= 15 is 0 Å². The first-order valence-corrected chi connectivity index (χ1v) is 5.08. The molecule has 1 aliphatic heterocycles. The van der Waals surface area contributed by atoms with Crippen molar-refractivity contribution in [1.29, 1.82) is 0 Å². The molecule has 0 aliphatic carbocycles. The summed E-state index contributed by atoms with van der Waals surface area (Å²) in [7, 11) is 3.08. The summed E-state index contributed by atoms with van der Waals surface area (Å²) >= 11 is 0. The highest BCUT2D eigenvalue weighted by atomic mass is 16.7. The first-order chi connectivity index (χ1) is 7.72. The van der Waals surface area contributed by atoms with Gasteiger partial charge in [-0.3, -0.25) is 9.63 Å². The second kappa shape index (κ2) is 4.37. The fraction of sp³-hybridized carbons (Fsp3) is 0.250. The van der Waals surface area contributed by atoms with Crippen molar-refractivity contribution in [3.8, 4) is 0 Å². The number of nitrogens with one attached hydrogen (secondary N) is 1. The zero-order valence-electron chi connectivity index (χ0n) is 9.36. The second-order valence-corrected chi connectivity index (χ2v) is 3.60. The summed E-state index contributed by atoms with van der Waals surface area (Å²) in [5.74, 6) is -0.121. The highest BCUT2D eigenvalue weighted by Crippen LogP contribution is 2.23. The number of hydrogen-bond acceptors (Lipinski definition) is 3. The quantitative estimate of drug-likeness (QED) is 0.765. The van der Waals surface area contributed by atoms with Gasteiger partial charge >= 0.3 is 0 Å². The third-order valence-electron chi connectivity index (χ3n) is 2.59. The van der Waals surface area contributed by atoms with Gasteiger partial charge in [0.05, 0.1) is 7.11 Å². The zero-order valence-corrected chi connectivity index (χ0v) is 9.36. The number of rotatable bonds is 2. The summed E-state index contributed by atoms with van der Waals surface area (Å²) in [5, 5.41) is 4.42. The van der Waals surface area contributed by atoms with Gasteiger partial charge in [-0.25, -0.2) is 5.06 Å². The van der Waals surface area contributed by atoms with Gasteiger partial charge in [0, 0.05) is 24.9 Å². The molecule has 0 atom stereocenters. The third-order valence-corrected chi connectivity index (χ3v) is 2.59. The molecular weight excluding hydrogens is 204 g/mol. The average molecular weight is 218 g/mol. The molecule has 0 saturated heterocycles. The van der Waals surface area contributed by atoms with Gasteiger partial charge in [-0.15, -0.1) is 0 Å². The smallest absolute Gasteiger partial charge is 0.274 e. The van der Waals surface area contributed by atoms with Crippen LogP contribution in [0.5, 0.6) is 0 Å². The van der Waals surface area contributed by atoms with E-state index in [-0.39, 0.29) is 5.91 Å². The molecule has 1 aliphatic rings. The number of nitrogens with zero attached hydrogens (tertiary/aromatic N) is 1. The molecule has 0 spiro atoms. The number of fused-ring (bicyclic) bond motifs is 1. The largest absolute Gasteiger partial charge is 0.380 e. The van der Waals surface area contributed by atoms with Crippen LogP contribution in [0, 0.1) is 0 Å². The Labute approximate surface area is 94.5 Å². The van der Waals surface area contributed by atoms with Gasteiger partial charge in [-0.05, 0) is 17.7 Å². The Balaban J connectivity index is 2.27. The lowest BCUT2D eigenvalue weighted by Gasteiger charge is -2.21. The summed E-state index contributed by atoms with van der Waals surface area (Å²) in [5.41, 5.74) is 2.78. The van der Waals surface area contributed by atoms with Crippen molar-refractivity contribution in [1.82, 2.24) is 5.06 Å². The number of carbonyl (C=O) groups excluding carboxylic acids is 1. The maximum Gasteiger partial charge on any atom is 0.274 e. The predicted octanol–water partition coefficient (Wildman–Crippen LogP) is 1.52. The van der Waals surface area contributed by atoms with Crippen LogP contribution in [0.4, 0.5) is 5.69 Å². The molecular formula is C12H14N2O2. The number of amides is 1. The molecule has 1 N–H and O–H groups in total. The van der Waals surface area contributed by atoms with Crippen LogP contribution < -0.4 is 5.32 Å². The highest BCUT2D eigenvalue weighted by Gasteiger charge is 2.18. The minimum Gasteiger partial charge on any atom is -0.380 e. The summed E-state index contributed by atoms with van der Waals surface area (Å²) in [6.45, 7) is 0.531. The molecule has 0 bridgehead atoms. The van der Waals surface area contributed by atoms with Gasteiger partial charge in [-0.2, -0.15) is 0 Å². The summed E-state index contributed by atoms with van der Waals surface area (Å²) in [6, 6.07) is 7.88. The Morgan fingerprint density at radius 3 is 2.94 bits per heavy atom. The molecule has 0 unspecified atom stereocenters. The topological polar surface area (TPSA) is 41.6 Å². The highest BCUT2D eigenvalue weighted by molar-refractivity contribution is 6.00. The van der Waals surface area contributed by atoms with Crippen LogP contribution in [0.25, 0.3) is 6.08 Å². The summed E-state index contributed by atoms with van der Waals surface area (Å²) < 4.78 is 0.